The molecule has 0 aliphatic heterocycles. The van der Waals surface area contributed by atoms with E-state index in [2.05, 4.69) is 16.2 Å². The number of hydrogen-bond acceptors (Lipinski definition) is 3. The SMILES string of the molecule is CNNC(=O)/C(C)=C(/C)NC(C)C. The number of rotatable bonds is 4. The second-order valence-corrected chi connectivity index (χ2v) is 3.25. The number of hydrazine groups is 1. The molecule has 0 aromatic rings. The molecule has 0 aliphatic rings. The van der Waals surface area contributed by atoms with E-state index < -0.39 is 0 Å². The maximum Gasteiger partial charge on any atom is 0.262 e. The van der Waals surface area contributed by atoms with Gasteiger partial charge in [0.05, 0.1) is 0 Å². The van der Waals surface area contributed by atoms with Gasteiger partial charge in [0.25, 0.3) is 5.91 Å². The van der Waals surface area contributed by atoms with Crippen molar-refractivity contribution in [2.45, 2.75) is 33.7 Å². The minimum absolute atomic E-state index is 0.104. The molecule has 0 saturated carbocycles. The average Bonchev–Trinajstić information content (AvgIpc) is 2.02. The molecule has 0 fully saturated rings. The molecule has 0 spiro atoms. The van der Waals surface area contributed by atoms with Crippen LogP contribution >= 0.6 is 0 Å². The zero-order valence-corrected chi connectivity index (χ0v) is 8.99. The number of amides is 1. The van der Waals surface area contributed by atoms with E-state index in [1.165, 1.54) is 0 Å². The Morgan fingerprint density at radius 2 is 1.77 bits per heavy atom. The highest BCUT2D eigenvalue weighted by atomic mass is 16.2. The summed E-state index contributed by atoms with van der Waals surface area (Å²) in [5, 5.41) is 3.17. The van der Waals surface area contributed by atoms with Crippen molar-refractivity contribution >= 4 is 5.91 Å². The second kappa shape index (κ2) is 5.59. The molecule has 0 aliphatic carbocycles. The third kappa shape index (κ3) is 4.52. The number of nitrogens with one attached hydrogen (secondary N) is 3. The Balaban J connectivity index is 4.33. The number of hydrogen-bond donors (Lipinski definition) is 3. The molecule has 0 aromatic carbocycles. The van der Waals surface area contributed by atoms with Gasteiger partial charge in [0.15, 0.2) is 0 Å². The molecule has 0 radical (unpaired) electrons. The molecule has 4 nitrogen and oxygen atoms in total. The Morgan fingerprint density at radius 1 is 1.23 bits per heavy atom. The molecule has 1 amide bonds. The van der Waals surface area contributed by atoms with Crippen LogP contribution in [0.15, 0.2) is 11.3 Å². The lowest BCUT2D eigenvalue weighted by Crippen LogP contribution is -2.36. The van der Waals surface area contributed by atoms with E-state index in [0.29, 0.717) is 11.6 Å². The maximum absolute atomic E-state index is 11.3. The summed E-state index contributed by atoms with van der Waals surface area (Å²) < 4.78 is 0. The van der Waals surface area contributed by atoms with Crippen molar-refractivity contribution in [3.63, 3.8) is 0 Å². The molecule has 0 heterocycles. The first-order valence-electron chi connectivity index (χ1n) is 4.40. The molecule has 0 atom stereocenters. The molecule has 0 saturated heterocycles. The van der Waals surface area contributed by atoms with E-state index in [9.17, 15) is 4.79 Å². The fourth-order valence-electron chi connectivity index (χ4n) is 0.919. The smallest absolute Gasteiger partial charge is 0.262 e. The van der Waals surface area contributed by atoms with Crippen molar-refractivity contribution in [3.05, 3.63) is 11.3 Å². The first-order valence-corrected chi connectivity index (χ1v) is 4.40. The third-order valence-electron chi connectivity index (χ3n) is 1.65. The highest BCUT2D eigenvalue weighted by Gasteiger charge is 2.06. The van der Waals surface area contributed by atoms with E-state index in [4.69, 9.17) is 0 Å². The number of carbonyl (C=O) groups excluding carboxylic acids is 1. The molecular formula is C9H19N3O. The van der Waals surface area contributed by atoms with Crippen LogP contribution < -0.4 is 16.2 Å². The monoisotopic (exact) mass is 185 g/mol. The fraction of sp³-hybridized carbons (Fsp3) is 0.667. The van der Waals surface area contributed by atoms with Gasteiger partial charge in [-0.15, -0.1) is 0 Å². The van der Waals surface area contributed by atoms with Crippen molar-refractivity contribution in [1.82, 2.24) is 16.2 Å². The normalized spacial score (nSPS) is 12.5. The van der Waals surface area contributed by atoms with Crippen LogP contribution in [0.2, 0.25) is 0 Å². The van der Waals surface area contributed by atoms with Crippen molar-refractivity contribution in [2.75, 3.05) is 7.05 Å². The lowest BCUT2D eigenvalue weighted by Gasteiger charge is -2.13. The molecule has 0 rings (SSSR count). The third-order valence-corrected chi connectivity index (χ3v) is 1.65. The predicted octanol–water partition coefficient (Wildman–Crippen LogP) is 0.529. The van der Waals surface area contributed by atoms with Crippen LogP contribution in [0.25, 0.3) is 0 Å². The Hall–Kier alpha value is -1.03. The summed E-state index contributed by atoms with van der Waals surface area (Å²) in [6, 6.07) is 0.345. The van der Waals surface area contributed by atoms with E-state index in [1.54, 1.807) is 14.0 Å². The van der Waals surface area contributed by atoms with Crippen LogP contribution in [0.5, 0.6) is 0 Å². The van der Waals surface area contributed by atoms with Gasteiger partial charge in [-0.25, -0.2) is 5.43 Å². The topological polar surface area (TPSA) is 53.2 Å². The predicted molar refractivity (Wildman–Crippen MR) is 53.8 cm³/mol. The largest absolute Gasteiger partial charge is 0.386 e. The first kappa shape index (κ1) is 12.0. The zero-order valence-electron chi connectivity index (χ0n) is 8.99. The van der Waals surface area contributed by atoms with Gasteiger partial charge in [0.1, 0.15) is 0 Å². The molecular weight excluding hydrogens is 166 g/mol. The van der Waals surface area contributed by atoms with Crippen molar-refractivity contribution in [3.8, 4) is 0 Å². The quantitative estimate of drug-likeness (QED) is 0.442. The summed E-state index contributed by atoms with van der Waals surface area (Å²) in [5.74, 6) is -0.104. The van der Waals surface area contributed by atoms with Gasteiger partial charge < -0.3 is 5.32 Å². The van der Waals surface area contributed by atoms with Gasteiger partial charge in [-0.05, 0) is 27.7 Å². The van der Waals surface area contributed by atoms with Gasteiger partial charge in [-0.3, -0.25) is 10.2 Å². The van der Waals surface area contributed by atoms with Crippen LogP contribution in [0, 0.1) is 0 Å². The Kier molecular flexibility index (Phi) is 5.14. The molecule has 76 valence electrons. The number of carbonyl (C=O) groups is 1. The minimum Gasteiger partial charge on any atom is -0.386 e. The lowest BCUT2D eigenvalue weighted by atomic mass is 10.2. The van der Waals surface area contributed by atoms with E-state index >= 15 is 0 Å². The van der Waals surface area contributed by atoms with Crippen LogP contribution in [-0.2, 0) is 4.79 Å². The van der Waals surface area contributed by atoms with Crippen LogP contribution in [0.1, 0.15) is 27.7 Å². The van der Waals surface area contributed by atoms with Crippen molar-refractivity contribution in [1.29, 1.82) is 0 Å². The molecule has 13 heavy (non-hydrogen) atoms. The van der Waals surface area contributed by atoms with Gasteiger partial charge in [-0.1, -0.05) is 0 Å². The van der Waals surface area contributed by atoms with Gasteiger partial charge in [0.2, 0.25) is 0 Å². The Bertz CT molecular complexity index is 209. The van der Waals surface area contributed by atoms with Gasteiger partial charge in [-0.2, -0.15) is 0 Å². The van der Waals surface area contributed by atoms with Crippen molar-refractivity contribution in [2.24, 2.45) is 0 Å². The van der Waals surface area contributed by atoms with Crippen molar-refractivity contribution < 1.29 is 4.79 Å². The van der Waals surface area contributed by atoms with E-state index in [0.717, 1.165) is 5.70 Å². The maximum atomic E-state index is 11.3. The Morgan fingerprint density at radius 3 is 2.15 bits per heavy atom. The first-order chi connectivity index (χ1) is 5.99. The molecule has 0 bridgehead atoms. The molecule has 0 unspecified atom stereocenters. The molecule has 3 N–H and O–H groups in total. The van der Waals surface area contributed by atoms with Crippen LogP contribution in [-0.4, -0.2) is 19.0 Å². The Labute approximate surface area is 79.8 Å². The second-order valence-electron chi connectivity index (χ2n) is 3.25. The molecule has 0 aromatic heterocycles. The van der Waals surface area contributed by atoms with E-state index in [-0.39, 0.29) is 5.91 Å². The highest BCUT2D eigenvalue weighted by Crippen LogP contribution is 2.00. The summed E-state index contributed by atoms with van der Waals surface area (Å²) in [5.41, 5.74) is 6.71. The summed E-state index contributed by atoms with van der Waals surface area (Å²) in [4.78, 5) is 11.3. The summed E-state index contributed by atoms with van der Waals surface area (Å²) in [6.07, 6.45) is 0. The molecule has 4 heteroatoms. The average molecular weight is 185 g/mol. The zero-order chi connectivity index (χ0) is 10.4. The van der Waals surface area contributed by atoms with Gasteiger partial charge >= 0.3 is 0 Å². The van der Waals surface area contributed by atoms with E-state index in [1.807, 2.05) is 20.8 Å². The highest BCUT2D eigenvalue weighted by molar-refractivity contribution is 5.93. The summed E-state index contributed by atoms with van der Waals surface area (Å²) in [6.45, 7) is 7.75. The fourth-order valence-corrected chi connectivity index (χ4v) is 0.919. The number of allylic oxidation sites excluding steroid dienone is 1. The lowest BCUT2D eigenvalue weighted by molar-refractivity contribution is -0.118. The minimum atomic E-state index is -0.104. The van der Waals surface area contributed by atoms with Crippen LogP contribution in [0.3, 0.4) is 0 Å². The van der Waals surface area contributed by atoms with Gasteiger partial charge in [0, 0.05) is 24.4 Å². The standard InChI is InChI=1S/C9H19N3O/c1-6(2)11-8(4)7(3)9(13)12-10-5/h6,10-11H,1-5H3,(H,12,13)/b8-7-. The van der Waals surface area contributed by atoms with Crippen LogP contribution in [0.4, 0.5) is 0 Å². The summed E-state index contributed by atoms with van der Waals surface area (Å²) >= 11 is 0. The summed E-state index contributed by atoms with van der Waals surface area (Å²) in [7, 11) is 1.66.